The third-order valence-electron chi connectivity index (χ3n) is 4.48. The Labute approximate surface area is 125 Å². The molecule has 0 aliphatic heterocycles. The Morgan fingerprint density at radius 2 is 2.20 bits per heavy atom. The van der Waals surface area contributed by atoms with Gasteiger partial charge in [-0.15, -0.1) is 11.3 Å². The van der Waals surface area contributed by atoms with E-state index in [1.807, 2.05) is 17.5 Å². The van der Waals surface area contributed by atoms with Gasteiger partial charge in [0.05, 0.1) is 0 Å². The lowest BCUT2D eigenvalue weighted by molar-refractivity contribution is -0.124. The van der Waals surface area contributed by atoms with Gasteiger partial charge < -0.3 is 11.1 Å². The fourth-order valence-corrected chi connectivity index (χ4v) is 3.96. The summed E-state index contributed by atoms with van der Waals surface area (Å²) in [7, 11) is 0. The second kappa shape index (κ2) is 6.72. The molecule has 0 bridgehead atoms. The fourth-order valence-electron chi connectivity index (χ4n) is 3.24. The molecule has 1 aliphatic rings. The number of hydrogen-bond acceptors (Lipinski definition) is 3. The molecule has 1 fully saturated rings. The molecule has 1 saturated carbocycles. The number of rotatable bonds is 4. The van der Waals surface area contributed by atoms with E-state index >= 15 is 0 Å². The van der Waals surface area contributed by atoms with Gasteiger partial charge in [0.25, 0.3) is 0 Å². The second-order valence-electron chi connectivity index (χ2n) is 6.43. The lowest BCUT2D eigenvalue weighted by Crippen LogP contribution is -2.48. The monoisotopic (exact) mass is 294 g/mol. The molecule has 0 saturated heterocycles. The summed E-state index contributed by atoms with van der Waals surface area (Å²) in [4.78, 5) is 13.3. The van der Waals surface area contributed by atoms with Crippen LogP contribution in [0, 0.1) is 17.8 Å². The molecule has 1 heterocycles. The Hall–Kier alpha value is -0.870. The highest BCUT2D eigenvalue weighted by atomic mass is 32.1. The van der Waals surface area contributed by atoms with Crippen molar-refractivity contribution in [3.63, 3.8) is 0 Å². The summed E-state index contributed by atoms with van der Waals surface area (Å²) in [6.45, 7) is 6.77. The van der Waals surface area contributed by atoms with Crippen LogP contribution in [0.3, 0.4) is 0 Å². The normalized spacial score (nSPS) is 28.4. The molecule has 4 atom stereocenters. The van der Waals surface area contributed by atoms with Gasteiger partial charge in [-0.3, -0.25) is 4.79 Å². The smallest absolute Gasteiger partial charge is 0.242 e. The average molecular weight is 294 g/mol. The largest absolute Gasteiger partial charge is 0.351 e. The zero-order valence-electron chi connectivity index (χ0n) is 12.6. The summed E-state index contributed by atoms with van der Waals surface area (Å²) in [6, 6.07) is 3.61. The van der Waals surface area contributed by atoms with Crippen LogP contribution in [0.5, 0.6) is 0 Å². The van der Waals surface area contributed by atoms with Gasteiger partial charge in [-0.05, 0) is 42.0 Å². The molecule has 1 amide bonds. The van der Waals surface area contributed by atoms with E-state index in [1.54, 1.807) is 11.3 Å². The van der Waals surface area contributed by atoms with Crippen molar-refractivity contribution in [2.24, 2.45) is 23.5 Å². The highest BCUT2D eigenvalue weighted by molar-refractivity contribution is 7.10. The van der Waals surface area contributed by atoms with E-state index in [0.29, 0.717) is 17.8 Å². The van der Waals surface area contributed by atoms with Gasteiger partial charge in [-0.1, -0.05) is 33.3 Å². The second-order valence-corrected chi connectivity index (χ2v) is 7.41. The van der Waals surface area contributed by atoms with Crippen molar-refractivity contribution < 1.29 is 4.79 Å². The zero-order valence-corrected chi connectivity index (χ0v) is 13.5. The quantitative estimate of drug-likeness (QED) is 0.895. The van der Waals surface area contributed by atoms with Gasteiger partial charge in [-0.2, -0.15) is 0 Å². The van der Waals surface area contributed by atoms with E-state index < -0.39 is 6.04 Å². The summed E-state index contributed by atoms with van der Waals surface area (Å²) in [6.07, 6.45) is 3.55. The number of amides is 1. The molecule has 112 valence electrons. The Morgan fingerprint density at radius 1 is 1.45 bits per heavy atom. The number of thiophene rings is 1. The molecular weight excluding hydrogens is 268 g/mol. The Balaban J connectivity index is 2.00. The summed E-state index contributed by atoms with van der Waals surface area (Å²) in [5.41, 5.74) is 6.05. The maximum Gasteiger partial charge on any atom is 0.242 e. The first-order chi connectivity index (χ1) is 9.49. The maximum absolute atomic E-state index is 12.4. The fraction of sp³-hybridized carbons (Fsp3) is 0.688. The zero-order chi connectivity index (χ0) is 14.7. The molecule has 0 radical (unpaired) electrons. The van der Waals surface area contributed by atoms with E-state index in [0.717, 1.165) is 11.3 Å². The lowest BCUT2D eigenvalue weighted by Gasteiger charge is -2.38. The summed E-state index contributed by atoms with van der Waals surface area (Å²) >= 11 is 1.54. The van der Waals surface area contributed by atoms with Crippen molar-refractivity contribution in [3.8, 4) is 0 Å². The SMILES string of the molecule is CC1CCC(C(C)C)C(NC(=O)C(N)c2cccs2)C1. The Morgan fingerprint density at radius 3 is 2.80 bits per heavy atom. The molecular formula is C16H26N2OS. The molecule has 4 heteroatoms. The molecule has 0 aromatic carbocycles. The molecule has 4 unspecified atom stereocenters. The third kappa shape index (κ3) is 3.61. The van der Waals surface area contributed by atoms with E-state index in [1.165, 1.54) is 12.8 Å². The van der Waals surface area contributed by atoms with Crippen molar-refractivity contribution in [2.75, 3.05) is 0 Å². The van der Waals surface area contributed by atoms with Crippen molar-refractivity contribution in [1.29, 1.82) is 0 Å². The third-order valence-corrected chi connectivity index (χ3v) is 5.44. The number of carbonyl (C=O) groups excluding carboxylic acids is 1. The minimum atomic E-state index is -0.528. The molecule has 1 aliphatic carbocycles. The average Bonchev–Trinajstić information content (AvgIpc) is 2.91. The topological polar surface area (TPSA) is 55.1 Å². The molecule has 2 rings (SSSR count). The first-order valence-electron chi connectivity index (χ1n) is 7.58. The highest BCUT2D eigenvalue weighted by Gasteiger charge is 2.32. The maximum atomic E-state index is 12.4. The van der Waals surface area contributed by atoms with Gasteiger partial charge in [0.15, 0.2) is 0 Å². The first kappa shape index (κ1) is 15.5. The molecule has 0 spiro atoms. The summed E-state index contributed by atoms with van der Waals surface area (Å²) < 4.78 is 0. The highest BCUT2D eigenvalue weighted by Crippen LogP contribution is 2.33. The minimum absolute atomic E-state index is 0.0304. The van der Waals surface area contributed by atoms with Crippen LogP contribution in [0.2, 0.25) is 0 Å². The van der Waals surface area contributed by atoms with Crippen LogP contribution in [0.15, 0.2) is 17.5 Å². The molecule has 20 heavy (non-hydrogen) atoms. The predicted octanol–water partition coefficient (Wildman–Crippen LogP) is 3.32. The van der Waals surface area contributed by atoms with Crippen LogP contribution < -0.4 is 11.1 Å². The van der Waals surface area contributed by atoms with Crippen LogP contribution in [0.25, 0.3) is 0 Å². The molecule has 1 aromatic rings. The number of carbonyl (C=O) groups is 1. The van der Waals surface area contributed by atoms with E-state index in [9.17, 15) is 4.79 Å². The predicted molar refractivity (Wildman–Crippen MR) is 84.5 cm³/mol. The number of nitrogens with one attached hydrogen (secondary N) is 1. The standard InChI is InChI=1S/C16H26N2OS/c1-10(2)12-7-6-11(3)9-13(12)18-16(19)15(17)14-5-4-8-20-14/h4-5,8,10-13,15H,6-7,9,17H2,1-3H3,(H,18,19). The number of hydrogen-bond donors (Lipinski definition) is 2. The lowest BCUT2D eigenvalue weighted by atomic mass is 9.74. The van der Waals surface area contributed by atoms with Crippen LogP contribution in [-0.4, -0.2) is 11.9 Å². The van der Waals surface area contributed by atoms with Gasteiger partial charge in [0.1, 0.15) is 6.04 Å². The van der Waals surface area contributed by atoms with Crippen LogP contribution in [0.4, 0.5) is 0 Å². The minimum Gasteiger partial charge on any atom is -0.351 e. The Bertz CT molecular complexity index is 430. The van der Waals surface area contributed by atoms with Crippen molar-refractivity contribution in [3.05, 3.63) is 22.4 Å². The molecule has 1 aromatic heterocycles. The van der Waals surface area contributed by atoms with Crippen molar-refractivity contribution in [1.82, 2.24) is 5.32 Å². The van der Waals surface area contributed by atoms with E-state index in [4.69, 9.17) is 5.73 Å². The van der Waals surface area contributed by atoms with Gasteiger partial charge >= 0.3 is 0 Å². The molecule has 3 nitrogen and oxygen atoms in total. The van der Waals surface area contributed by atoms with Crippen LogP contribution in [-0.2, 0) is 4.79 Å². The number of nitrogens with two attached hydrogens (primary N) is 1. The van der Waals surface area contributed by atoms with Gasteiger partial charge in [-0.25, -0.2) is 0 Å². The van der Waals surface area contributed by atoms with E-state index in [-0.39, 0.29) is 11.9 Å². The van der Waals surface area contributed by atoms with Crippen molar-refractivity contribution in [2.45, 2.75) is 52.1 Å². The first-order valence-corrected chi connectivity index (χ1v) is 8.46. The van der Waals surface area contributed by atoms with Gasteiger partial charge in [0, 0.05) is 10.9 Å². The van der Waals surface area contributed by atoms with Gasteiger partial charge in [0.2, 0.25) is 5.91 Å². The molecule has 3 N–H and O–H groups in total. The Kier molecular flexibility index (Phi) is 5.22. The van der Waals surface area contributed by atoms with Crippen LogP contribution in [0.1, 0.15) is 51.0 Å². The summed E-state index contributed by atoms with van der Waals surface area (Å²) in [5, 5.41) is 5.17. The van der Waals surface area contributed by atoms with E-state index in [2.05, 4.69) is 26.1 Å². The van der Waals surface area contributed by atoms with Crippen LogP contribution >= 0.6 is 11.3 Å². The van der Waals surface area contributed by atoms with Crippen molar-refractivity contribution >= 4 is 17.2 Å². The summed E-state index contributed by atoms with van der Waals surface area (Å²) in [5.74, 6) is 1.84.